The van der Waals surface area contributed by atoms with Crippen LogP contribution in [-0.4, -0.2) is 30.9 Å². The molecule has 0 radical (unpaired) electrons. The van der Waals surface area contributed by atoms with Gasteiger partial charge in [0.2, 0.25) is 0 Å². The van der Waals surface area contributed by atoms with Gasteiger partial charge >= 0.3 is 6.23 Å². The largest absolute Gasteiger partial charge is 0.360 e. The summed E-state index contributed by atoms with van der Waals surface area (Å²) in [6.45, 7) is 6.97. The van der Waals surface area contributed by atoms with Crippen molar-refractivity contribution >= 4 is 25.3 Å². The van der Waals surface area contributed by atoms with E-state index in [1.807, 2.05) is 0 Å². The lowest BCUT2D eigenvalue weighted by Crippen LogP contribution is -2.24. The Bertz CT molecular complexity index is 690. The van der Waals surface area contributed by atoms with Crippen molar-refractivity contribution in [3.05, 3.63) is 45.6 Å². The molecular weight excluding hydrogens is 300 g/mol. The number of nitrogens with zero attached hydrogens (tertiary/aromatic N) is 1. The van der Waals surface area contributed by atoms with Crippen LogP contribution in [0.4, 0.5) is 0 Å². The number of aldehydes is 1. The van der Waals surface area contributed by atoms with Gasteiger partial charge in [-0.2, -0.15) is 0 Å². The number of H-pyrrole nitrogens is 1. The van der Waals surface area contributed by atoms with Gasteiger partial charge < -0.3 is 9.72 Å². The Morgan fingerprint density at radius 1 is 1.41 bits per heavy atom. The second kappa shape index (κ2) is 6.41. The summed E-state index contributed by atoms with van der Waals surface area (Å²) < 4.78 is 5.50. The molecule has 2 aromatic rings. The van der Waals surface area contributed by atoms with E-state index in [0.29, 0.717) is 23.3 Å². The van der Waals surface area contributed by atoms with Crippen molar-refractivity contribution in [2.24, 2.45) is 0 Å². The number of rotatable bonds is 7. The molecule has 1 unspecified atom stereocenters. The molecule has 0 saturated heterocycles. The molecule has 1 aromatic heterocycles. The van der Waals surface area contributed by atoms with Gasteiger partial charge in [0.05, 0.1) is 17.1 Å². The Hall–Kier alpha value is -1.99. The fourth-order valence-electron chi connectivity index (χ4n) is 2.17. The molecule has 0 fully saturated rings. The van der Waals surface area contributed by atoms with Crippen LogP contribution < -0.4 is 0 Å². The van der Waals surface area contributed by atoms with Crippen molar-refractivity contribution in [2.75, 3.05) is 6.61 Å². The van der Waals surface area contributed by atoms with Crippen LogP contribution in [0, 0.1) is 10.1 Å². The normalized spacial score (nSPS) is 13.2. The van der Waals surface area contributed by atoms with Gasteiger partial charge in [0, 0.05) is 30.7 Å². The number of ether oxygens (including phenoxy) is 1. The van der Waals surface area contributed by atoms with Gasteiger partial charge in [-0.3, -0.25) is 14.9 Å². The Morgan fingerprint density at radius 2 is 2.14 bits per heavy atom. The van der Waals surface area contributed by atoms with Crippen LogP contribution in [0.2, 0.25) is 25.7 Å². The molecule has 1 atom stereocenters. The van der Waals surface area contributed by atoms with E-state index in [2.05, 4.69) is 24.6 Å². The zero-order chi connectivity index (χ0) is 16.3. The van der Waals surface area contributed by atoms with E-state index in [0.717, 1.165) is 17.7 Å². The third-order valence-electron chi connectivity index (χ3n) is 3.47. The van der Waals surface area contributed by atoms with Gasteiger partial charge in [0.15, 0.2) is 6.29 Å². The Balaban J connectivity index is 2.21. The van der Waals surface area contributed by atoms with Gasteiger partial charge in [-0.25, -0.2) is 0 Å². The van der Waals surface area contributed by atoms with Crippen LogP contribution in [-0.2, 0) is 4.74 Å². The highest BCUT2D eigenvalue weighted by Gasteiger charge is 2.25. The molecule has 0 aliphatic carbocycles. The zero-order valence-electron chi connectivity index (χ0n) is 13.0. The molecule has 0 aliphatic rings. The van der Waals surface area contributed by atoms with Crippen molar-refractivity contribution in [3.63, 3.8) is 0 Å². The lowest BCUT2D eigenvalue weighted by molar-refractivity contribution is -0.583. The van der Waals surface area contributed by atoms with Crippen LogP contribution in [0.15, 0.2) is 24.4 Å². The average Bonchev–Trinajstić information content (AvgIpc) is 2.84. The van der Waals surface area contributed by atoms with Crippen LogP contribution >= 0.6 is 0 Å². The van der Waals surface area contributed by atoms with E-state index in [4.69, 9.17) is 4.74 Å². The first kappa shape index (κ1) is 16.4. The fraction of sp³-hybridized carbons (Fsp3) is 0.400. The van der Waals surface area contributed by atoms with Crippen LogP contribution in [0.5, 0.6) is 0 Å². The molecule has 0 amide bonds. The monoisotopic (exact) mass is 320 g/mol. The first-order valence-electron chi connectivity index (χ1n) is 7.13. The number of carbonyl (C=O) groups excluding carboxylic acids is 1. The Kier molecular flexibility index (Phi) is 4.77. The summed E-state index contributed by atoms with van der Waals surface area (Å²) in [6, 6.07) is 5.90. The number of hydrogen-bond acceptors (Lipinski definition) is 4. The third kappa shape index (κ3) is 3.80. The molecule has 7 heteroatoms. The predicted octanol–water partition coefficient (Wildman–Crippen LogP) is 3.61. The summed E-state index contributed by atoms with van der Waals surface area (Å²) in [5, 5.41) is 12.0. The molecule has 2 rings (SSSR count). The van der Waals surface area contributed by atoms with Gasteiger partial charge in [0.1, 0.15) is 0 Å². The third-order valence-corrected chi connectivity index (χ3v) is 5.17. The minimum atomic E-state index is -1.30. The first-order chi connectivity index (χ1) is 10.3. The standard InChI is InChI=1S/C15H20N2O4Si/c1-22(2,3)7-6-21-15(17(19)20)11-4-5-13-12(10-18)9-16-14(13)8-11/h4-5,8-10,15-16H,6-7H2,1-3H3. The van der Waals surface area contributed by atoms with Crippen molar-refractivity contribution in [1.82, 2.24) is 4.98 Å². The van der Waals surface area contributed by atoms with E-state index in [1.54, 1.807) is 24.4 Å². The molecule has 118 valence electrons. The Labute approximate surface area is 129 Å². The number of nitrogens with one attached hydrogen (secondary N) is 1. The molecule has 1 heterocycles. The summed E-state index contributed by atoms with van der Waals surface area (Å²) in [7, 11) is -1.30. The van der Waals surface area contributed by atoms with E-state index in [9.17, 15) is 14.9 Å². The van der Waals surface area contributed by atoms with Gasteiger partial charge in [-0.1, -0.05) is 25.7 Å². The maximum atomic E-state index is 11.3. The topological polar surface area (TPSA) is 85.2 Å². The predicted molar refractivity (Wildman–Crippen MR) is 87.5 cm³/mol. The molecule has 1 aromatic carbocycles. The van der Waals surface area contributed by atoms with Gasteiger partial charge in [-0.05, 0) is 18.2 Å². The molecule has 1 N–H and O–H groups in total. The number of aromatic amines is 1. The molecule has 22 heavy (non-hydrogen) atoms. The van der Waals surface area contributed by atoms with Gasteiger partial charge in [-0.15, -0.1) is 0 Å². The lowest BCUT2D eigenvalue weighted by atomic mass is 10.1. The average molecular weight is 320 g/mol. The molecule has 0 spiro atoms. The van der Waals surface area contributed by atoms with Gasteiger partial charge in [0.25, 0.3) is 0 Å². The maximum absolute atomic E-state index is 11.3. The minimum absolute atomic E-state index is 0.379. The SMILES string of the molecule is C[Si](C)(C)CCOC(c1ccc2c(C=O)c[nH]c2c1)[N+](=O)[O-]. The van der Waals surface area contributed by atoms with E-state index in [-0.39, 0.29) is 0 Å². The van der Waals surface area contributed by atoms with Crippen molar-refractivity contribution in [3.8, 4) is 0 Å². The Morgan fingerprint density at radius 3 is 2.73 bits per heavy atom. The second-order valence-corrected chi connectivity index (χ2v) is 12.1. The molecule has 0 aliphatic heterocycles. The summed E-state index contributed by atoms with van der Waals surface area (Å²) in [5.41, 5.74) is 1.71. The molecule has 6 nitrogen and oxygen atoms in total. The molecule has 0 bridgehead atoms. The highest BCUT2D eigenvalue weighted by atomic mass is 28.3. The maximum Gasteiger partial charge on any atom is 0.342 e. The van der Waals surface area contributed by atoms with E-state index in [1.165, 1.54) is 0 Å². The van der Waals surface area contributed by atoms with Crippen LogP contribution in [0.1, 0.15) is 22.1 Å². The zero-order valence-corrected chi connectivity index (χ0v) is 14.0. The molecular formula is C15H20N2O4Si. The highest BCUT2D eigenvalue weighted by Crippen LogP contribution is 2.25. The van der Waals surface area contributed by atoms with E-state index >= 15 is 0 Å². The quantitative estimate of drug-likeness (QED) is 0.278. The lowest BCUT2D eigenvalue weighted by Gasteiger charge is -2.17. The summed E-state index contributed by atoms with van der Waals surface area (Å²) in [5.74, 6) is 0. The number of hydrogen-bond donors (Lipinski definition) is 1. The summed E-state index contributed by atoms with van der Waals surface area (Å²) in [4.78, 5) is 24.7. The number of benzene rings is 1. The minimum Gasteiger partial charge on any atom is -0.360 e. The van der Waals surface area contributed by atoms with E-state index < -0.39 is 19.2 Å². The second-order valence-electron chi connectivity index (χ2n) is 6.49. The van der Waals surface area contributed by atoms with Crippen molar-refractivity contribution < 1.29 is 14.5 Å². The summed E-state index contributed by atoms with van der Waals surface area (Å²) in [6.07, 6.45) is 1.17. The highest BCUT2D eigenvalue weighted by molar-refractivity contribution is 6.76. The van der Waals surface area contributed by atoms with Crippen LogP contribution in [0.25, 0.3) is 10.9 Å². The van der Waals surface area contributed by atoms with Crippen molar-refractivity contribution in [1.29, 1.82) is 0 Å². The first-order valence-corrected chi connectivity index (χ1v) is 10.8. The fourth-order valence-corrected chi connectivity index (χ4v) is 2.90. The smallest absolute Gasteiger partial charge is 0.342 e. The van der Waals surface area contributed by atoms with Crippen molar-refractivity contribution in [2.45, 2.75) is 31.9 Å². The molecule has 0 saturated carbocycles. The van der Waals surface area contributed by atoms with Crippen LogP contribution in [0.3, 0.4) is 0 Å². The number of aromatic nitrogens is 1. The number of fused-ring (bicyclic) bond motifs is 1. The summed E-state index contributed by atoms with van der Waals surface area (Å²) >= 11 is 0. The number of nitro groups is 1. The number of carbonyl (C=O) groups is 1.